The zero-order chi connectivity index (χ0) is 12.8. The first-order chi connectivity index (χ1) is 8.79. The summed E-state index contributed by atoms with van der Waals surface area (Å²) in [7, 11) is 2.06. The van der Waals surface area contributed by atoms with Crippen LogP contribution >= 0.6 is 23.4 Å². The van der Waals surface area contributed by atoms with Gasteiger partial charge in [-0.3, -0.25) is 0 Å². The maximum absolute atomic E-state index is 5.89. The number of hydrogen-bond acceptors (Lipinski definition) is 2. The number of benzene rings is 1. The Hall–Kier alpha value is -0.440. The number of thioether (sulfide) groups is 1. The molecule has 0 amide bonds. The highest BCUT2D eigenvalue weighted by molar-refractivity contribution is 7.99. The third-order valence-corrected chi connectivity index (χ3v) is 4.71. The van der Waals surface area contributed by atoms with Gasteiger partial charge in [-0.1, -0.05) is 23.3 Å². The minimum absolute atomic E-state index is 0.506. The first-order valence-corrected chi connectivity index (χ1v) is 7.90. The molecular weight excluding hydrogens is 262 g/mol. The van der Waals surface area contributed by atoms with Gasteiger partial charge in [0.25, 0.3) is 0 Å². The average Bonchev–Trinajstić information content (AvgIpc) is 2.43. The lowest BCUT2D eigenvalue weighted by Crippen LogP contribution is -2.30. The van der Waals surface area contributed by atoms with Crippen molar-refractivity contribution < 1.29 is 0 Å². The Labute approximate surface area is 119 Å². The molecular formula is C15H20ClNS. The van der Waals surface area contributed by atoms with Crippen molar-refractivity contribution in [2.24, 2.45) is 0 Å². The number of nitrogens with one attached hydrogen (secondary N) is 1. The first kappa shape index (κ1) is 14.0. The van der Waals surface area contributed by atoms with Crippen LogP contribution < -0.4 is 5.32 Å². The lowest BCUT2D eigenvalue weighted by molar-refractivity contribution is 0.608. The van der Waals surface area contributed by atoms with Crippen molar-refractivity contribution in [3.8, 4) is 0 Å². The molecule has 0 aliphatic heterocycles. The van der Waals surface area contributed by atoms with Crippen LogP contribution in [0, 0.1) is 0 Å². The normalized spacial score (nSPS) is 17.3. The summed E-state index contributed by atoms with van der Waals surface area (Å²) < 4.78 is 0. The van der Waals surface area contributed by atoms with Crippen LogP contribution in [-0.4, -0.2) is 18.8 Å². The second-order valence-corrected chi connectivity index (χ2v) is 6.16. The summed E-state index contributed by atoms with van der Waals surface area (Å²) in [5, 5.41) is 4.24. The van der Waals surface area contributed by atoms with Crippen molar-refractivity contribution in [3.63, 3.8) is 0 Å². The molecule has 1 unspecified atom stereocenters. The van der Waals surface area contributed by atoms with Crippen molar-refractivity contribution in [1.82, 2.24) is 5.32 Å². The van der Waals surface area contributed by atoms with E-state index in [1.165, 1.54) is 30.6 Å². The summed E-state index contributed by atoms with van der Waals surface area (Å²) in [5.74, 6) is 1.09. The summed E-state index contributed by atoms with van der Waals surface area (Å²) in [6, 6.07) is 8.60. The maximum Gasteiger partial charge on any atom is 0.0406 e. The third kappa shape index (κ3) is 4.04. The Morgan fingerprint density at radius 1 is 1.28 bits per heavy atom. The van der Waals surface area contributed by atoms with Gasteiger partial charge in [-0.15, -0.1) is 11.8 Å². The minimum atomic E-state index is 0.506. The third-order valence-electron chi connectivity index (χ3n) is 3.35. The van der Waals surface area contributed by atoms with Gasteiger partial charge in [-0.2, -0.15) is 0 Å². The maximum atomic E-state index is 5.89. The predicted molar refractivity (Wildman–Crippen MR) is 81.6 cm³/mol. The molecule has 0 aromatic heterocycles. The molecule has 1 nitrogen and oxygen atoms in total. The van der Waals surface area contributed by atoms with E-state index < -0.39 is 0 Å². The molecule has 1 N–H and O–H groups in total. The number of hydrogen-bond donors (Lipinski definition) is 1. The van der Waals surface area contributed by atoms with E-state index in [-0.39, 0.29) is 0 Å². The summed E-state index contributed by atoms with van der Waals surface area (Å²) >= 11 is 7.79. The molecule has 1 aromatic carbocycles. The Morgan fingerprint density at radius 3 is 2.67 bits per heavy atom. The van der Waals surface area contributed by atoms with E-state index in [4.69, 9.17) is 11.6 Å². The van der Waals surface area contributed by atoms with Gasteiger partial charge in [0.15, 0.2) is 0 Å². The molecule has 1 aliphatic rings. The molecule has 0 bridgehead atoms. The molecule has 0 spiro atoms. The molecule has 0 saturated heterocycles. The van der Waals surface area contributed by atoms with Crippen molar-refractivity contribution in [3.05, 3.63) is 40.9 Å². The molecule has 18 heavy (non-hydrogen) atoms. The molecule has 0 saturated carbocycles. The van der Waals surface area contributed by atoms with E-state index in [0.29, 0.717) is 6.04 Å². The van der Waals surface area contributed by atoms with Crippen LogP contribution in [0.5, 0.6) is 0 Å². The molecule has 3 heteroatoms. The van der Waals surface area contributed by atoms with Crippen LogP contribution in [0.4, 0.5) is 0 Å². The monoisotopic (exact) mass is 281 g/mol. The van der Waals surface area contributed by atoms with Gasteiger partial charge in [0, 0.05) is 21.7 Å². The molecule has 1 aliphatic carbocycles. The first-order valence-electron chi connectivity index (χ1n) is 6.54. The number of rotatable bonds is 5. The molecule has 1 aromatic rings. The molecule has 0 radical (unpaired) electrons. The predicted octanol–water partition coefficient (Wildman–Crippen LogP) is 4.52. The van der Waals surface area contributed by atoms with E-state index in [1.54, 1.807) is 5.57 Å². The van der Waals surface area contributed by atoms with Gasteiger partial charge in [0.2, 0.25) is 0 Å². The van der Waals surface area contributed by atoms with Gasteiger partial charge >= 0.3 is 0 Å². The lowest BCUT2D eigenvalue weighted by Gasteiger charge is -2.22. The lowest BCUT2D eigenvalue weighted by atomic mass is 9.95. The Balaban J connectivity index is 1.90. The quantitative estimate of drug-likeness (QED) is 0.629. The highest BCUT2D eigenvalue weighted by Gasteiger charge is 2.14. The second-order valence-electron chi connectivity index (χ2n) is 4.63. The van der Waals surface area contributed by atoms with Crippen LogP contribution in [-0.2, 0) is 0 Å². The van der Waals surface area contributed by atoms with E-state index in [1.807, 2.05) is 23.9 Å². The van der Waals surface area contributed by atoms with Crippen molar-refractivity contribution in [2.75, 3.05) is 12.8 Å². The van der Waals surface area contributed by atoms with Gasteiger partial charge < -0.3 is 5.32 Å². The molecule has 98 valence electrons. The fourth-order valence-electron chi connectivity index (χ4n) is 2.27. The van der Waals surface area contributed by atoms with Crippen LogP contribution in [0.2, 0.25) is 5.02 Å². The largest absolute Gasteiger partial charge is 0.313 e. The average molecular weight is 282 g/mol. The summed E-state index contributed by atoms with van der Waals surface area (Å²) in [4.78, 5) is 1.29. The Kier molecular flexibility index (Phi) is 5.61. The van der Waals surface area contributed by atoms with Gasteiger partial charge in [-0.25, -0.2) is 0 Å². The fraction of sp³-hybridized carbons (Fsp3) is 0.467. The highest BCUT2D eigenvalue weighted by Crippen LogP contribution is 2.26. The van der Waals surface area contributed by atoms with E-state index in [0.717, 1.165) is 10.8 Å². The van der Waals surface area contributed by atoms with Gasteiger partial charge in [-0.05, 0) is 57.0 Å². The van der Waals surface area contributed by atoms with Crippen molar-refractivity contribution >= 4 is 23.4 Å². The topological polar surface area (TPSA) is 12.0 Å². The Bertz CT molecular complexity index is 399. The SMILES string of the molecule is CNC(CSc1ccc(Cl)cc1)C1=CCCCC1. The summed E-state index contributed by atoms with van der Waals surface area (Å²) in [6.07, 6.45) is 7.62. The van der Waals surface area contributed by atoms with Crippen molar-refractivity contribution in [1.29, 1.82) is 0 Å². The van der Waals surface area contributed by atoms with E-state index >= 15 is 0 Å². The molecule has 0 fully saturated rings. The molecule has 2 rings (SSSR count). The zero-order valence-corrected chi connectivity index (χ0v) is 12.4. The van der Waals surface area contributed by atoms with E-state index in [9.17, 15) is 0 Å². The van der Waals surface area contributed by atoms with E-state index in [2.05, 4.69) is 30.6 Å². The van der Waals surface area contributed by atoms with Crippen LogP contribution in [0.3, 0.4) is 0 Å². The number of likely N-dealkylation sites (N-methyl/N-ethyl adjacent to an activating group) is 1. The Morgan fingerprint density at radius 2 is 2.06 bits per heavy atom. The number of allylic oxidation sites excluding steroid dienone is 1. The highest BCUT2D eigenvalue weighted by atomic mass is 35.5. The molecule has 0 heterocycles. The van der Waals surface area contributed by atoms with Crippen molar-refractivity contribution in [2.45, 2.75) is 36.6 Å². The summed E-state index contributed by atoms with van der Waals surface area (Å²) in [6.45, 7) is 0. The number of halogens is 1. The zero-order valence-electron chi connectivity index (χ0n) is 10.8. The van der Waals surface area contributed by atoms with Gasteiger partial charge in [0.1, 0.15) is 0 Å². The van der Waals surface area contributed by atoms with Gasteiger partial charge in [0.05, 0.1) is 0 Å². The smallest absolute Gasteiger partial charge is 0.0406 e. The fourth-order valence-corrected chi connectivity index (χ4v) is 3.46. The van der Waals surface area contributed by atoms with Crippen LogP contribution in [0.15, 0.2) is 40.8 Å². The summed E-state index contributed by atoms with van der Waals surface area (Å²) in [5.41, 5.74) is 1.59. The second kappa shape index (κ2) is 7.22. The minimum Gasteiger partial charge on any atom is -0.313 e. The molecule has 1 atom stereocenters. The van der Waals surface area contributed by atoms with Crippen LogP contribution in [0.25, 0.3) is 0 Å². The standard InChI is InChI=1S/C15H20ClNS/c1-17-15(12-5-3-2-4-6-12)11-18-14-9-7-13(16)8-10-14/h5,7-10,15,17H,2-4,6,11H2,1H3. The van der Waals surface area contributed by atoms with Crippen LogP contribution in [0.1, 0.15) is 25.7 Å².